The molecule has 1 N–H and O–H groups in total. The quantitative estimate of drug-likeness (QED) is 0.613. The third-order valence-electron chi connectivity index (χ3n) is 3.38. The van der Waals surface area contributed by atoms with E-state index in [0.717, 1.165) is 12.8 Å². The molecule has 0 unspecified atom stereocenters. The molecule has 0 spiro atoms. The molecule has 0 aromatic rings. The van der Waals surface area contributed by atoms with Gasteiger partial charge in [-0.05, 0) is 18.8 Å². The van der Waals surface area contributed by atoms with Crippen LogP contribution in [0.15, 0.2) is 0 Å². The number of hydrogen-bond donors (Lipinski definition) is 1. The van der Waals surface area contributed by atoms with E-state index in [1.165, 1.54) is 0 Å². The van der Waals surface area contributed by atoms with Crippen LogP contribution in [0, 0.1) is 11.8 Å². The fourth-order valence-corrected chi connectivity index (χ4v) is 2.55. The Morgan fingerprint density at radius 3 is 3.08 bits per heavy atom. The second kappa shape index (κ2) is 3.07. The number of carbonyl (C=O) groups excluding carboxylic acids is 1. The van der Waals surface area contributed by atoms with Crippen LogP contribution >= 0.6 is 0 Å². The van der Waals surface area contributed by atoms with E-state index in [1.54, 1.807) is 0 Å². The summed E-state index contributed by atoms with van der Waals surface area (Å²) in [4.78, 5) is 11.2. The first-order chi connectivity index (χ1) is 6.12. The SMILES string of the molecule is C[C@H]1CCO[C@@]2(O)CC(=O)CC[C@H]12. The maximum absolute atomic E-state index is 11.2. The Morgan fingerprint density at radius 2 is 2.31 bits per heavy atom. The molecule has 1 aliphatic carbocycles. The van der Waals surface area contributed by atoms with Gasteiger partial charge >= 0.3 is 0 Å². The molecule has 2 aliphatic rings. The number of ether oxygens (including phenoxy) is 1. The van der Waals surface area contributed by atoms with Crippen molar-refractivity contribution in [2.75, 3.05) is 6.61 Å². The minimum atomic E-state index is -1.13. The summed E-state index contributed by atoms with van der Waals surface area (Å²) in [5, 5.41) is 10.1. The first-order valence-corrected chi connectivity index (χ1v) is 5.00. The number of Topliss-reactive ketones (excluding diaryl/α,β-unsaturated/α-hetero) is 1. The zero-order valence-corrected chi connectivity index (χ0v) is 7.95. The molecule has 3 heteroatoms. The number of hydrogen-bond acceptors (Lipinski definition) is 3. The van der Waals surface area contributed by atoms with Crippen LogP contribution in [0.25, 0.3) is 0 Å². The third-order valence-corrected chi connectivity index (χ3v) is 3.38. The van der Waals surface area contributed by atoms with Crippen LogP contribution in [-0.4, -0.2) is 23.3 Å². The Hall–Kier alpha value is -0.410. The summed E-state index contributed by atoms with van der Waals surface area (Å²) in [5.41, 5.74) is 0. The summed E-state index contributed by atoms with van der Waals surface area (Å²) in [6.45, 7) is 2.72. The van der Waals surface area contributed by atoms with Gasteiger partial charge in [-0.15, -0.1) is 0 Å². The van der Waals surface area contributed by atoms with Gasteiger partial charge in [0.05, 0.1) is 13.0 Å². The molecule has 2 rings (SSSR count). The molecule has 74 valence electrons. The molecule has 0 bridgehead atoms. The summed E-state index contributed by atoms with van der Waals surface area (Å²) < 4.78 is 5.34. The summed E-state index contributed by atoms with van der Waals surface area (Å²) in [7, 11) is 0. The van der Waals surface area contributed by atoms with Gasteiger partial charge in [-0.3, -0.25) is 4.79 Å². The lowest BCUT2D eigenvalue weighted by Gasteiger charge is -2.45. The molecule has 1 heterocycles. The van der Waals surface area contributed by atoms with Gasteiger partial charge < -0.3 is 9.84 Å². The number of rotatable bonds is 0. The molecule has 3 nitrogen and oxygen atoms in total. The van der Waals surface area contributed by atoms with Crippen LogP contribution < -0.4 is 0 Å². The molecular formula is C10H16O3. The van der Waals surface area contributed by atoms with E-state index in [0.29, 0.717) is 18.9 Å². The van der Waals surface area contributed by atoms with Crippen LogP contribution in [0.4, 0.5) is 0 Å². The second-order valence-electron chi connectivity index (χ2n) is 4.32. The second-order valence-corrected chi connectivity index (χ2v) is 4.32. The van der Waals surface area contributed by atoms with Crippen molar-refractivity contribution in [3.05, 3.63) is 0 Å². The Kier molecular flexibility index (Phi) is 2.16. The standard InChI is InChI=1S/C10H16O3/c1-7-4-5-13-10(12)6-8(11)2-3-9(7)10/h7,9,12H,2-6H2,1H3/t7-,9+,10-/m0/s1. The molecule has 1 saturated heterocycles. The number of fused-ring (bicyclic) bond motifs is 1. The van der Waals surface area contributed by atoms with Crippen LogP contribution in [0.3, 0.4) is 0 Å². The zero-order chi connectivity index (χ0) is 9.47. The Morgan fingerprint density at radius 1 is 1.54 bits per heavy atom. The summed E-state index contributed by atoms with van der Waals surface area (Å²) in [6, 6.07) is 0. The fourth-order valence-electron chi connectivity index (χ4n) is 2.55. The van der Waals surface area contributed by atoms with Crippen molar-refractivity contribution < 1.29 is 14.6 Å². The first-order valence-electron chi connectivity index (χ1n) is 5.00. The Labute approximate surface area is 78.1 Å². The van der Waals surface area contributed by atoms with E-state index in [1.807, 2.05) is 0 Å². The lowest BCUT2D eigenvalue weighted by atomic mass is 9.73. The van der Waals surface area contributed by atoms with Crippen molar-refractivity contribution in [2.24, 2.45) is 11.8 Å². The number of carbonyl (C=O) groups is 1. The Balaban J connectivity index is 2.17. The first kappa shape index (κ1) is 9.16. The van der Waals surface area contributed by atoms with Crippen LogP contribution in [0.5, 0.6) is 0 Å². The normalized spacial score (nSPS) is 45.8. The van der Waals surface area contributed by atoms with Gasteiger partial charge in [-0.25, -0.2) is 0 Å². The lowest BCUT2D eigenvalue weighted by Crippen LogP contribution is -2.51. The van der Waals surface area contributed by atoms with Gasteiger partial charge in [-0.1, -0.05) is 6.92 Å². The molecular weight excluding hydrogens is 168 g/mol. The largest absolute Gasteiger partial charge is 0.365 e. The van der Waals surface area contributed by atoms with Crippen LogP contribution in [0.1, 0.15) is 32.6 Å². The molecule has 0 amide bonds. The van der Waals surface area contributed by atoms with E-state index < -0.39 is 5.79 Å². The highest BCUT2D eigenvalue weighted by Crippen LogP contribution is 2.42. The van der Waals surface area contributed by atoms with Crippen molar-refractivity contribution in [3.8, 4) is 0 Å². The Bertz CT molecular complexity index is 226. The average Bonchev–Trinajstić information content (AvgIpc) is 2.02. The van der Waals surface area contributed by atoms with Gasteiger partial charge in [0.15, 0.2) is 5.79 Å². The third kappa shape index (κ3) is 1.51. The van der Waals surface area contributed by atoms with Gasteiger partial charge in [-0.2, -0.15) is 0 Å². The van der Waals surface area contributed by atoms with Crippen LogP contribution in [0.2, 0.25) is 0 Å². The predicted molar refractivity (Wildman–Crippen MR) is 47.0 cm³/mol. The smallest absolute Gasteiger partial charge is 0.175 e. The number of ketones is 1. The topological polar surface area (TPSA) is 46.5 Å². The molecule has 1 saturated carbocycles. The average molecular weight is 184 g/mol. The fraction of sp³-hybridized carbons (Fsp3) is 0.900. The summed E-state index contributed by atoms with van der Waals surface area (Å²) in [6.07, 6.45) is 2.60. The minimum Gasteiger partial charge on any atom is -0.365 e. The highest BCUT2D eigenvalue weighted by atomic mass is 16.6. The molecule has 1 aliphatic heterocycles. The van der Waals surface area contributed by atoms with Crippen molar-refractivity contribution >= 4 is 5.78 Å². The van der Waals surface area contributed by atoms with Gasteiger partial charge in [0, 0.05) is 12.3 Å². The van der Waals surface area contributed by atoms with Gasteiger partial charge in [0.2, 0.25) is 0 Å². The molecule has 0 radical (unpaired) electrons. The van der Waals surface area contributed by atoms with E-state index >= 15 is 0 Å². The van der Waals surface area contributed by atoms with E-state index in [4.69, 9.17) is 4.74 Å². The highest BCUT2D eigenvalue weighted by molar-refractivity contribution is 5.80. The maximum Gasteiger partial charge on any atom is 0.175 e. The lowest BCUT2D eigenvalue weighted by molar-refractivity contribution is -0.276. The highest BCUT2D eigenvalue weighted by Gasteiger charge is 2.47. The molecule has 13 heavy (non-hydrogen) atoms. The van der Waals surface area contributed by atoms with E-state index in [9.17, 15) is 9.90 Å². The van der Waals surface area contributed by atoms with Crippen LogP contribution in [-0.2, 0) is 9.53 Å². The number of aliphatic hydroxyl groups is 1. The van der Waals surface area contributed by atoms with Crippen molar-refractivity contribution in [1.82, 2.24) is 0 Å². The zero-order valence-electron chi connectivity index (χ0n) is 7.95. The molecule has 0 aromatic carbocycles. The molecule has 2 fully saturated rings. The summed E-state index contributed by atoms with van der Waals surface area (Å²) >= 11 is 0. The summed E-state index contributed by atoms with van der Waals surface area (Å²) in [5.74, 6) is -0.355. The molecule has 3 atom stereocenters. The predicted octanol–water partition coefficient (Wildman–Crippen LogP) is 1.10. The van der Waals surface area contributed by atoms with Crippen molar-refractivity contribution in [3.63, 3.8) is 0 Å². The van der Waals surface area contributed by atoms with Crippen molar-refractivity contribution in [1.29, 1.82) is 0 Å². The van der Waals surface area contributed by atoms with E-state index in [2.05, 4.69) is 6.92 Å². The van der Waals surface area contributed by atoms with Gasteiger partial charge in [0.25, 0.3) is 0 Å². The monoisotopic (exact) mass is 184 g/mol. The van der Waals surface area contributed by atoms with Crippen molar-refractivity contribution in [2.45, 2.75) is 38.4 Å². The van der Waals surface area contributed by atoms with E-state index in [-0.39, 0.29) is 18.1 Å². The maximum atomic E-state index is 11.2. The minimum absolute atomic E-state index is 0.132. The molecule has 0 aromatic heterocycles. The van der Waals surface area contributed by atoms with Gasteiger partial charge in [0.1, 0.15) is 5.78 Å².